The summed E-state index contributed by atoms with van der Waals surface area (Å²) < 4.78 is 6.17. The number of benzene rings is 17. The molecule has 0 aliphatic heterocycles. The van der Waals surface area contributed by atoms with Crippen molar-refractivity contribution in [3.8, 4) is 90.0 Å². The minimum Gasteiger partial charge on any atom is -0.309 e. The normalized spacial score (nSPS) is 14.0. The van der Waals surface area contributed by atoms with E-state index < -0.39 is 0 Å². The molecule has 0 bridgehead atoms. The molecule has 0 saturated carbocycles. The van der Waals surface area contributed by atoms with E-state index in [0.717, 1.165) is 83.5 Å². The van der Waals surface area contributed by atoms with Crippen LogP contribution in [0.3, 0.4) is 0 Å². The van der Waals surface area contributed by atoms with E-state index in [0.29, 0.717) is 0 Å². The van der Waals surface area contributed by atoms with Gasteiger partial charge in [0.2, 0.25) is 0 Å². The summed E-state index contributed by atoms with van der Waals surface area (Å²) in [5.41, 5.74) is 28.1. The molecule has 22 aromatic rings. The van der Waals surface area contributed by atoms with Crippen molar-refractivity contribution in [2.45, 2.75) is 57.8 Å². The fourth-order valence-electron chi connectivity index (χ4n) is 20.4. The lowest BCUT2D eigenvalue weighted by atomic mass is 9.82. The van der Waals surface area contributed by atoms with Crippen LogP contribution in [0.15, 0.2) is 340 Å². The molecule has 0 N–H and O–H groups in total. The first kappa shape index (κ1) is 66.6. The zero-order valence-corrected chi connectivity index (χ0v) is 65.7. The Morgan fingerprint density at radius 2 is 0.741 bits per heavy atom. The predicted molar refractivity (Wildman–Crippen MR) is 488 cm³/mol. The largest absolute Gasteiger partial charge is 0.309 e. The van der Waals surface area contributed by atoms with E-state index in [9.17, 15) is 0 Å². The lowest BCUT2D eigenvalue weighted by Crippen LogP contribution is -2.18. The second-order valence-corrected chi connectivity index (χ2v) is 34.5. The van der Waals surface area contributed by atoms with Gasteiger partial charge in [-0.05, 0) is 165 Å². The topological polar surface area (TPSA) is 61.4 Å². The van der Waals surface area contributed by atoms with Gasteiger partial charge in [-0.1, -0.05) is 315 Å². The van der Waals surface area contributed by atoms with Crippen LogP contribution in [-0.4, -0.2) is 29.1 Å². The molecule has 0 fully saturated rings. The first-order chi connectivity index (χ1) is 56.8. The molecule has 3 aliphatic carbocycles. The number of hydrogen-bond acceptors (Lipinski definition) is 5. The molecule has 7 heteroatoms. The molecule has 5 aromatic heterocycles. The van der Waals surface area contributed by atoms with Gasteiger partial charge in [-0.2, -0.15) is 0 Å². The van der Waals surface area contributed by atoms with Crippen LogP contribution >= 0.6 is 11.3 Å². The number of fused-ring (bicyclic) bond motifs is 25. The van der Waals surface area contributed by atoms with Gasteiger partial charge in [0.1, 0.15) is 4.83 Å². The van der Waals surface area contributed by atoms with Crippen molar-refractivity contribution in [2.24, 2.45) is 0 Å². The number of hydrogen-bond donors (Lipinski definition) is 0. The number of aromatic nitrogens is 6. The Hall–Kier alpha value is -14.0. The van der Waals surface area contributed by atoms with Crippen molar-refractivity contribution in [3.63, 3.8) is 0 Å². The maximum Gasteiger partial charge on any atom is 0.161 e. The van der Waals surface area contributed by atoms with Crippen LogP contribution in [0.5, 0.6) is 0 Å². The number of thiophene rings is 1. The third-order valence-corrected chi connectivity index (χ3v) is 27.2. The SMILES string of the molecule is CC1(C)c2ccccc2-c2ccc(-c3nc(-c4ccc(-n5c6cc7ccccc7cc6c6c7ccccc7ccc65)c5ccccc45)c4c(n3)C(C)(C)c3ccccc3-4)cc21.CC1(C)c2ccccc2-c2ccc(-c3nc(-c4ccc(-n5c6cc7ccccc7cc6c6ccc7ccccc7c65)cc4)c4c(n3)sc3ccccc34)cc21. The van der Waals surface area contributed by atoms with E-state index in [1.165, 1.54) is 158 Å². The van der Waals surface area contributed by atoms with Crippen LogP contribution < -0.4 is 0 Å². The molecule has 0 radical (unpaired) electrons. The summed E-state index contributed by atoms with van der Waals surface area (Å²) in [7, 11) is 0. The van der Waals surface area contributed by atoms with Crippen molar-refractivity contribution < 1.29 is 0 Å². The van der Waals surface area contributed by atoms with Crippen molar-refractivity contribution in [3.05, 3.63) is 373 Å². The maximum atomic E-state index is 5.66. The molecule has 5 heterocycles. The Morgan fingerprint density at radius 1 is 0.267 bits per heavy atom. The lowest BCUT2D eigenvalue weighted by Gasteiger charge is -2.23. The quantitative estimate of drug-likeness (QED) is 0.166. The molecule has 17 aromatic carbocycles. The standard InChI is InChI=1S/C58H41N3.C51H33N3S/c1-57(2)46-23-13-11-20-40(46)41-27-25-37(32-48(41)57)56-59-54(53-44-22-12-14-24-47(44)58(3,4)55(53)60-56)43-28-30-49(42-21-10-9-19-39(42)43)61-50-29-26-34-15-7-8-18-38(34)52(50)45-31-35-16-5-6-17-36(35)33-51(45)61;1-51(2)42-17-9-7-15-37(42)38-25-22-34(28-43(38)51)49-52-47(46-40-16-8-10-18-45(40)55-50(46)53-49)31-19-23-35(24-20-31)54-44-29-33-13-4-3-12-32(33)27-41(44)39-26-21-30-11-5-6-14-36(30)48(39)54/h5-33H,1-4H3;3-29H,1-2H3. The van der Waals surface area contributed by atoms with Crippen LogP contribution in [0.25, 0.3) is 208 Å². The molecule has 0 spiro atoms. The molecule has 25 rings (SSSR count). The predicted octanol–water partition coefficient (Wildman–Crippen LogP) is 28.9. The fourth-order valence-corrected chi connectivity index (χ4v) is 21.5. The van der Waals surface area contributed by atoms with Crippen LogP contribution in [0.2, 0.25) is 0 Å². The van der Waals surface area contributed by atoms with Gasteiger partial charge in [0.25, 0.3) is 0 Å². The summed E-state index contributed by atoms with van der Waals surface area (Å²) in [5, 5.41) is 19.7. The molecule has 0 amide bonds. The average Bonchev–Trinajstić information content (AvgIpc) is 1.57. The summed E-state index contributed by atoms with van der Waals surface area (Å²) in [4.78, 5) is 22.9. The van der Waals surface area contributed by atoms with Crippen LogP contribution in [-0.2, 0) is 16.2 Å². The molecule has 6 nitrogen and oxygen atoms in total. The van der Waals surface area contributed by atoms with Gasteiger partial charge >= 0.3 is 0 Å². The van der Waals surface area contributed by atoms with Crippen molar-refractivity contribution >= 4 is 129 Å². The van der Waals surface area contributed by atoms with E-state index in [4.69, 9.17) is 19.9 Å². The van der Waals surface area contributed by atoms with Gasteiger partial charge < -0.3 is 9.13 Å². The highest BCUT2D eigenvalue weighted by Crippen LogP contribution is 2.56. The number of rotatable bonds is 6. The Morgan fingerprint density at radius 3 is 1.40 bits per heavy atom. The minimum atomic E-state index is -0.311. The fraction of sp³-hybridized carbons (Fsp3) is 0.0826. The van der Waals surface area contributed by atoms with Gasteiger partial charge in [-0.25, -0.2) is 19.9 Å². The van der Waals surface area contributed by atoms with E-state index in [1.807, 2.05) is 0 Å². The van der Waals surface area contributed by atoms with Crippen LogP contribution in [0.1, 0.15) is 75.1 Å². The molecule has 3 aliphatic rings. The van der Waals surface area contributed by atoms with Gasteiger partial charge in [0.05, 0.1) is 44.8 Å². The van der Waals surface area contributed by atoms with Crippen molar-refractivity contribution in [1.29, 1.82) is 0 Å². The van der Waals surface area contributed by atoms with Crippen LogP contribution in [0.4, 0.5) is 0 Å². The molecule has 0 saturated heterocycles. The third-order valence-electron chi connectivity index (χ3n) is 26.1. The highest BCUT2D eigenvalue weighted by Gasteiger charge is 2.42. The molecule has 546 valence electrons. The summed E-state index contributed by atoms with van der Waals surface area (Å²) in [6.45, 7) is 14.0. The zero-order chi connectivity index (χ0) is 77.2. The summed E-state index contributed by atoms with van der Waals surface area (Å²) in [6, 6.07) is 125. The van der Waals surface area contributed by atoms with E-state index in [1.54, 1.807) is 11.3 Å². The maximum absolute atomic E-state index is 5.66. The van der Waals surface area contributed by atoms with Gasteiger partial charge in [-0.3, -0.25) is 0 Å². The summed E-state index contributed by atoms with van der Waals surface area (Å²) in [6.07, 6.45) is 0. The van der Waals surface area contributed by atoms with Gasteiger partial charge in [-0.15, -0.1) is 11.3 Å². The van der Waals surface area contributed by atoms with Crippen molar-refractivity contribution in [2.75, 3.05) is 0 Å². The Kier molecular flexibility index (Phi) is 14.1. The smallest absolute Gasteiger partial charge is 0.161 e. The van der Waals surface area contributed by atoms with Crippen LogP contribution in [0, 0.1) is 0 Å². The number of nitrogens with zero attached hydrogens (tertiary/aromatic N) is 6. The van der Waals surface area contributed by atoms with Gasteiger partial charge in [0, 0.05) is 97.5 Å². The Labute approximate surface area is 674 Å². The zero-order valence-electron chi connectivity index (χ0n) is 64.9. The van der Waals surface area contributed by atoms with E-state index in [-0.39, 0.29) is 16.2 Å². The van der Waals surface area contributed by atoms with E-state index >= 15 is 0 Å². The molecular weight excluding hydrogens is 1430 g/mol. The third kappa shape index (κ3) is 9.58. The highest BCUT2D eigenvalue weighted by molar-refractivity contribution is 7.25. The average molecular weight is 1500 g/mol. The lowest BCUT2D eigenvalue weighted by molar-refractivity contribution is 0.636. The molecule has 0 unspecified atom stereocenters. The Balaban J connectivity index is 0.000000134. The summed E-state index contributed by atoms with van der Waals surface area (Å²) >= 11 is 1.75. The monoisotopic (exact) mass is 1500 g/mol. The second kappa shape index (κ2) is 24.5. The Bertz CT molecular complexity index is 8060. The second-order valence-electron chi connectivity index (χ2n) is 33.5. The highest BCUT2D eigenvalue weighted by atomic mass is 32.1. The van der Waals surface area contributed by atoms with Crippen molar-refractivity contribution in [1.82, 2.24) is 29.1 Å². The molecular formula is C109H74N6S. The van der Waals surface area contributed by atoms with E-state index in [2.05, 4.69) is 390 Å². The minimum absolute atomic E-state index is 0.104. The molecule has 116 heavy (non-hydrogen) atoms. The summed E-state index contributed by atoms with van der Waals surface area (Å²) in [5.74, 6) is 1.52. The first-order valence-corrected chi connectivity index (χ1v) is 41.1. The molecule has 0 atom stereocenters. The van der Waals surface area contributed by atoms with Gasteiger partial charge in [0.15, 0.2) is 11.6 Å². The first-order valence-electron chi connectivity index (χ1n) is 40.3.